The summed E-state index contributed by atoms with van der Waals surface area (Å²) in [5.74, 6) is -0.609. The highest BCUT2D eigenvalue weighted by molar-refractivity contribution is 7.90. The second-order valence-corrected chi connectivity index (χ2v) is 6.41. The van der Waals surface area contributed by atoms with Gasteiger partial charge in [-0.2, -0.15) is 0 Å². The molecule has 0 aliphatic rings. The van der Waals surface area contributed by atoms with Crippen LogP contribution in [0.2, 0.25) is 0 Å². The summed E-state index contributed by atoms with van der Waals surface area (Å²) in [7, 11) is -3.50. The second kappa shape index (κ2) is 4.14. The largest absolute Gasteiger partial charge is 0.395 e. The van der Waals surface area contributed by atoms with Crippen LogP contribution in [0, 0.1) is 5.82 Å². The van der Waals surface area contributed by atoms with Gasteiger partial charge in [-0.1, -0.05) is 19.9 Å². The van der Waals surface area contributed by atoms with E-state index >= 15 is 0 Å². The lowest BCUT2D eigenvalue weighted by atomic mass is 9.85. The highest BCUT2D eigenvalue weighted by Crippen LogP contribution is 2.31. The number of aliphatic hydroxyl groups is 1. The molecule has 0 unspecified atom stereocenters. The topological polar surface area (TPSA) is 54.4 Å². The molecule has 0 saturated heterocycles. The van der Waals surface area contributed by atoms with E-state index in [1.54, 1.807) is 13.8 Å². The molecule has 0 aromatic heterocycles. The average molecular weight is 246 g/mol. The van der Waals surface area contributed by atoms with Crippen molar-refractivity contribution in [3.63, 3.8) is 0 Å². The third kappa shape index (κ3) is 2.41. The maximum Gasteiger partial charge on any atom is 0.175 e. The van der Waals surface area contributed by atoms with E-state index in [2.05, 4.69) is 0 Å². The molecule has 0 atom stereocenters. The van der Waals surface area contributed by atoms with E-state index in [0.717, 1.165) is 6.26 Å². The molecule has 0 aliphatic heterocycles. The molecule has 0 aliphatic carbocycles. The van der Waals surface area contributed by atoms with Gasteiger partial charge in [-0.25, -0.2) is 12.8 Å². The zero-order chi connectivity index (χ0) is 12.6. The zero-order valence-electron chi connectivity index (χ0n) is 9.49. The maximum absolute atomic E-state index is 13.7. The standard InChI is InChI=1S/C11H15FO3S/c1-11(2,7-13)10-8(12)5-4-6-9(10)16(3,14)15/h4-6,13H,7H2,1-3H3. The Morgan fingerprint density at radius 2 is 1.94 bits per heavy atom. The van der Waals surface area contributed by atoms with Crippen molar-refractivity contribution in [1.29, 1.82) is 0 Å². The van der Waals surface area contributed by atoms with Crippen molar-refractivity contribution in [2.75, 3.05) is 12.9 Å². The fourth-order valence-corrected chi connectivity index (χ4v) is 2.62. The van der Waals surface area contributed by atoms with Crippen molar-refractivity contribution < 1.29 is 17.9 Å². The van der Waals surface area contributed by atoms with Gasteiger partial charge in [-0.05, 0) is 12.1 Å². The van der Waals surface area contributed by atoms with Gasteiger partial charge in [0.2, 0.25) is 0 Å². The molecule has 0 radical (unpaired) electrons. The van der Waals surface area contributed by atoms with E-state index in [0.29, 0.717) is 0 Å². The zero-order valence-corrected chi connectivity index (χ0v) is 10.3. The number of hydrogen-bond donors (Lipinski definition) is 1. The molecular weight excluding hydrogens is 231 g/mol. The Morgan fingerprint density at radius 3 is 2.38 bits per heavy atom. The smallest absolute Gasteiger partial charge is 0.175 e. The molecule has 1 aromatic carbocycles. The summed E-state index contributed by atoms with van der Waals surface area (Å²) in [6.07, 6.45) is 1.03. The third-order valence-corrected chi connectivity index (χ3v) is 3.59. The molecule has 90 valence electrons. The molecular formula is C11H15FO3S. The molecule has 3 nitrogen and oxygen atoms in total. The molecule has 0 spiro atoms. The lowest BCUT2D eigenvalue weighted by molar-refractivity contribution is 0.212. The summed E-state index contributed by atoms with van der Waals surface area (Å²) in [4.78, 5) is -0.0634. The minimum absolute atomic E-state index is 0.0417. The molecule has 16 heavy (non-hydrogen) atoms. The van der Waals surface area contributed by atoms with Gasteiger partial charge in [0.1, 0.15) is 5.82 Å². The van der Waals surface area contributed by atoms with Crippen LogP contribution in [-0.4, -0.2) is 26.4 Å². The van der Waals surface area contributed by atoms with Crippen molar-refractivity contribution in [1.82, 2.24) is 0 Å². The van der Waals surface area contributed by atoms with Crippen LogP contribution in [0.4, 0.5) is 4.39 Å². The molecule has 0 bridgehead atoms. The summed E-state index contributed by atoms with van der Waals surface area (Å²) < 4.78 is 36.7. The Balaban J connectivity index is 3.61. The number of hydrogen-bond acceptors (Lipinski definition) is 3. The van der Waals surface area contributed by atoms with Crippen LogP contribution in [0.3, 0.4) is 0 Å². The van der Waals surface area contributed by atoms with E-state index in [9.17, 15) is 17.9 Å². The average Bonchev–Trinajstić information content (AvgIpc) is 2.15. The lowest BCUT2D eigenvalue weighted by Crippen LogP contribution is -2.26. The molecule has 0 amide bonds. The van der Waals surface area contributed by atoms with E-state index < -0.39 is 21.1 Å². The van der Waals surface area contributed by atoms with Crippen LogP contribution in [0.1, 0.15) is 19.4 Å². The van der Waals surface area contributed by atoms with Crippen LogP contribution in [-0.2, 0) is 15.3 Å². The number of benzene rings is 1. The van der Waals surface area contributed by atoms with Gasteiger partial charge in [-0.3, -0.25) is 0 Å². The lowest BCUT2D eigenvalue weighted by Gasteiger charge is -2.25. The van der Waals surface area contributed by atoms with Crippen molar-refractivity contribution in [2.24, 2.45) is 0 Å². The summed E-state index contributed by atoms with van der Waals surface area (Å²) >= 11 is 0. The summed E-state index contributed by atoms with van der Waals surface area (Å²) in [5, 5.41) is 9.20. The minimum atomic E-state index is -3.50. The van der Waals surface area contributed by atoms with Gasteiger partial charge < -0.3 is 5.11 Å². The molecule has 1 aromatic rings. The third-order valence-electron chi connectivity index (χ3n) is 2.45. The Labute approximate surface area is 94.8 Å². The summed E-state index contributed by atoms with van der Waals surface area (Å²) in [6, 6.07) is 3.90. The van der Waals surface area contributed by atoms with Gasteiger partial charge in [-0.15, -0.1) is 0 Å². The predicted molar refractivity (Wildman–Crippen MR) is 59.6 cm³/mol. The van der Waals surface area contributed by atoms with Crippen LogP contribution >= 0.6 is 0 Å². The number of sulfone groups is 1. The fourth-order valence-electron chi connectivity index (χ4n) is 1.55. The van der Waals surface area contributed by atoms with Gasteiger partial charge >= 0.3 is 0 Å². The molecule has 5 heteroatoms. The quantitative estimate of drug-likeness (QED) is 0.879. The number of aliphatic hydroxyl groups excluding tert-OH is 1. The predicted octanol–water partition coefficient (Wildman–Crippen LogP) is 1.50. The molecule has 1 rings (SSSR count). The van der Waals surface area contributed by atoms with Crippen LogP contribution in [0.15, 0.2) is 23.1 Å². The Kier molecular flexibility index (Phi) is 3.40. The first-order valence-electron chi connectivity index (χ1n) is 4.80. The van der Waals surface area contributed by atoms with E-state index in [1.807, 2.05) is 0 Å². The first kappa shape index (κ1) is 13.1. The summed E-state index contributed by atoms with van der Waals surface area (Å²) in [5.41, 5.74) is -0.885. The first-order chi connectivity index (χ1) is 7.20. The van der Waals surface area contributed by atoms with Crippen molar-refractivity contribution >= 4 is 9.84 Å². The molecule has 1 N–H and O–H groups in total. The van der Waals surface area contributed by atoms with Crippen LogP contribution < -0.4 is 0 Å². The Bertz CT molecular complexity index is 492. The van der Waals surface area contributed by atoms with Crippen LogP contribution in [0.5, 0.6) is 0 Å². The Hall–Kier alpha value is -0.940. The van der Waals surface area contributed by atoms with E-state index in [-0.39, 0.29) is 17.1 Å². The van der Waals surface area contributed by atoms with Gasteiger partial charge in [0.05, 0.1) is 11.5 Å². The molecule has 0 fully saturated rings. The molecule has 0 heterocycles. The van der Waals surface area contributed by atoms with Crippen LogP contribution in [0.25, 0.3) is 0 Å². The second-order valence-electron chi connectivity index (χ2n) is 4.43. The van der Waals surface area contributed by atoms with E-state index in [1.165, 1.54) is 18.2 Å². The number of rotatable bonds is 3. The maximum atomic E-state index is 13.7. The van der Waals surface area contributed by atoms with Gasteiger partial charge in [0.25, 0.3) is 0 Å². The van der Waals surface area contributed by atoms with Crippen molar-refractivity contribution in [3.8, 4) is 0 Å². The molecule has 0 saturated carbocycles. The highest BCUT2D eigenvalue weighted by Gasteiger charge is 2.29. The van der Waals surface area contributed by atoms with Gasteiger partial charge in [0.15, 0.2) is 9.84 Å². The van der Waals surface area contributed by atoms with Crippen molar-refractivity contribution in [2.45, 2.75) is 24.2 Å². The van der Waals surface area contributed by atoms with E-state index in [4.69, 9.17) is 0 Å². The van der Waals surface area contributed by atoms with Crippen molar-refractivity contribution in [3.05, 3.63) is 29.6 Å². The minimum Gasteiger partial charge on any atom is -0.395 e. The monoisotopic (exact) mass is 246 g/mol. The Morgan fingerprint density at radius 1 is 1.38 bits per heavy atom. The normalized spacial score (nSPS) is 12.8. The first-order valence-corrected chi connectivity index (χ1v) is 6.69. The fraction of sp³-hybridized carbons (Fsp3) is 0.455. The SMILES string of the molecule is CC(C)(CO)c1c(F)cccc1S(C)(=O)=O. The number of halogens is 1. The summed E-state index contributed by atoms with van der Waals surface area (Å²) in [6.45, 7) is 2.87. The highest BCUT2D eigenvalue weighted by atomic mass is 32.2. The van der Waals surface area contributed by atoms with Gasteiger partial charge in [0, 0.05) is 17.2 Å².